The normalized spacial score (nSPS) is 11.7. The first-order valence-electron chi connectivity index (χ1n) is 7.42. The predicted molar refractivity (Wildman–Crippen MR) is 94.2 cm³/mol. The molecule has 0 radical (unpaired) electrons. The topological polar surface area (TPSA) is 15.3 Å². The van der Waals surface area contributed by atoms with Crippen molar-refractivity contribution in [2.75, 3.05) is 11.9 Å². The minimum absolute atomic E-state index is 0.155. The van der Waals surface area contributed by atoms with Crippen LogP contribution < -0.4 is 10.2 Å². The molecule has 0 saturated heterocycles. The van der Waals surface area contributed by atoms with E-state index in [-0.39, 0.29) is 5.54 Å². The summed E-state index contributed by atoms with van der Waals surface area (Å²) in [6.07, 6.45) is 0. The van der Waals surface area contributed by atoms with Crippen molar-refractivity contribution in [1.82, 2.24) is 5.32 Å². The molecule has 0 aliphatic rings. The fourth-order valence-corrected chi connectivity index (χ4v) is 3.02. The zero-order valence-corrected chi connectivity index (χ0v) is 14.6. The zero-order valence-electron chi connectivity index (χ0n) is 13.7. The number of benzene rings is 1. The van der Waals surface area contributed by atoms with E-state index in [1.54, 1.807) is 11.3 Å². The van der Waals surface area contributed by atoms with E-state index in [1.165, 1.54) is 22.4 Å². The average Bonchev–Trinajstić information content (AvgIpc) is 2.88. The highest BCUT2D eigenvalue weighted by Crippen LogP contribution is 2.22. The van der Waals surface area contributed by atoms with E-state index in [9.17, 15) is 0 Å². The van der Waals surface area contributed by atoms with Gasteiger partial charge in [-0.1, -0.05) is 12.1 Å². The van der Waals surface area contributed by atoms with Gasteiger partial charge in [0.2, 0.25) is 0 Å². The van der Waals surface area contributed by atoms with E-state index in [4.69, 9.17) is 0 Å². The summed E-state index contributed by atoms with van der Waals surface area (Å²) in [7, 11) is 2.16. The molecule has 1 aromatic heterocycles. The molecule has 0 atom stereocenters. The van der Waals surface area contributed by atoms with Crippen LogP contribution in [0.15, 0.2) is 35.0 Å². The molecule has 0 bridgehead atoms. The second kappa shape index (κ2) is 6.63. The first kappa shape index (κ1) is 16.1. The third-order valence-electron chi connectivity index (χ3n) is 3.50. The fraction of sp³-hybridized carbons (Fsp3) is 0.444. The maximum atomic E-state index is 3.54. The summed E-state index contributed by atoms with van der Waals surface area (Å²) in [5.41, 5.74) is 5.51. The minimum Gasteiger partial charge on any atom is -0.370 e. The highest BCUT2D eigenvalue weighted by Gasteiger charge is 2.10. The third-order valence-corrected chi connectivity index (χ3v) is 4.23. The van der Waals surface area contributed by atoms with Crippen LogP contribution in [0.2, 0.25) is 0 Å². The van der Waals surface area contributed by atoms with Gasteiger partial charge in [0, 0.05) is 31.4 Å². The van der Waals surface area contributed by atoms with Crippen molar-refractivity contribution in [3.63, 3.8) is 0 Å². The Morgan fingerprint density at radius 2 is 1.90 bits per heavy atom. The number of nitrogens with one attached hydrogen (secondary N) is 1. The van der Waals surface area contributed by atoms with Gasteiger partial charge in [-0.15, -0.1) is 0 Å². The molecule has 114 valence electrons. The van der Waals surface area contributed by atoms with Gasteiger partial charge in [-0.05, 0) is 67.3 Å². The van der Waals surface area contributed by atoms with Crippen LogP contribution in [-0.2, 0) is 13.1 Å². The van der Waals surface area contributed by atoms with E-state index >= 15 is 0 Å². The highest BCUT2D eigenvalue weighted by atomic mass is 32.1. The number of aryl methyl sites for hydroxylation is 1. The maximum absolute atomic E-state index is 3.54. The molecule has 1 N–H and O–H groups in total. The van der Waals surface area contributed by atoms with Gasteiger partial charge in [-0.2, -0.15) is 11.3 Å². The molecule has 1 aromatic carbocycles. The quantitative estimate of drug-likeness (QED) is 0.869. The summed E-state index contributed by atoms with van der Waals surface area (Å²) in [5.74, 6) is 0. The van der Waals surface area contributed by atoms with E-state index in [1.807, 2.05) is 0 Å². The standard InChI is InChI=1S/C18H26N2S/c1-14-10-15(11-19-18(2,3)4)6-7-17(14)20(5)12-16-8-9-21-13-16/h6-10,13,19H,11-12H2,1-5H3. The highest BCUT2D eigenvalue weighted by molar-refractivity contribution is 7.07. The molecule has 21 heavy (non-hydrogen) atoms. The monoisotopic (exact) mass is 302 g/mol. The lowest BCUT2D eigenvalue weighted by atomic mass is 10.1. The third kappa shape index (κ3) is 4.87. The van der Waals surface area contributed by atoms with Crippen LogP contribution in [0.4, 0.5) is 5.69 Å². The molecule has 1 heterocycles. The SMILES string of the molecule is Cc1cc(CNC(C)(C)C)ccc1N(C)Cc1ccsc1. The van der Waals surface area contributed by atoms with Gasteiger partial charge in [0.15, 0.2) is 0 Å². The van der Waals surface area contributed by atoms with Gasteiger partial charge in [0.05, 0.1) is 0 Å². The molecule has 0 amide bonds. The Morgan fingerprint density at radius 3 is 2.48 bits per heavy atom. The Morgan fingerprint density at radius 1 is 1.14 bits per heavy atom. The average molecular weight is 302 g/mol. The van der Waals surface area contributed by atoms with Crippen LogP contribution in [0.1, 0.15) is 37.5 Å². The van der Waals surface area contributed by atoms with Gasteiger partial charge in [0.1, 0.15) is 0 Å². The van der Waals surface area contributed by atoms with Crippen LogP contribution in [0.5, 0.6) is 0 Å². The summed E-state index contributed by atoms with van der Waals surface area (Å²) < 4.78 is 0. The van der Waals surface area contributed by atoms with Crippen LogP contribution in [-0.4, -0.2) is 12.6 Å². The smallest absolute Gasteiger partial charge is 0.0434 e. The van der Waals surface area contributed by atoms with Crippen LogP contribution in [0.3, 0.4) is 0 Å². The minimum atomic E-state index is 0.155. The molecule has 2 aromatic rings. The number of hydrogen-bond donors (Lipinski definition) is 1. The number of nitrogens with zero attached hydrogens (tertiary/aromatic N) is 1. The van der Waals surface area contributed by atoms with Gasteiger partial charge in [-0.3, -0.25) is 0 Å². The number of anilines is 1. The molecule has 0 fully saturated rings. The number of hydrogen-bond acceptors (Lipinski definition) is 3. The lowest BCUT2D eigenvalue weighted by molar-refractivity contribution is 0.424. The van der Waals surface area contributed by atoms with Crippen LogP contribution >= 0.6 is 11.3 Å². The second-order valence-corrected chi connectivity index (χ2v) is 7.49. The molecule has 0 spiro atoms. The molecular formula is C18H26N2S. The van der Waals surface area contributed by atoms with Gasteiger partial charge >= 0.3 is 0 Å². The van der Waals surface area contributed by atoms with Crippen molar-refractivity contribution < 1.29 is 0 Å². The summed E-state index contributed by atoms with van der Waals surface area (Å²) >= 11 is 1.76. The van der Waals surface area contributed by atoms with Crippen molar-refractivity contribution in [3.8, 4) is 0 Å². The van der Waals surface area contributed by atoms with E-state index in [0.717, 1.165) is 13.1 Å². The summed E-state index contributed by atoms with van der Waals surface area (Å²) in [6.45, 7) is 10.7. The lowest BCUT2D eigenvalue weighted by Crippen LogP contribution is -2.35. The molecule has 3 heteroatoms. The van der Waals surface area contributed by atoms with E-state index in [0.29, 0.717) is 0 Å². The van der Waals surface area contributed by atoms with Crippen LogP contribution in [0, 0.1) is 6.92 Å². The Kier molecular flexibility index (Phi) is 5.07. The first-order chi connectivity index (χ1) is 9.85. The molecule has 0 saturated carbocycles. The Hall–Kier alpha value is -1.32. The summed E-state index contributed by atoms with van der Waals surface area (Å²) in [6, 6.07) is 8.95. The van der Waals surface area contributed by atoms with E-state index < -0.39 is 0 Å². The summed E-state index contributed by atoms with van der Waals surface area (Å²) in [5, 5.41) is 7.89. The van der Waals surface area contributed by atoms with Crippen molar-refractivity contribution >= 4 is 17.0 Å². The largest absolute Gasteiger partial charge is 0.370 e. The molecular weight excluding hydrogens is 276 g/mol. The molecule has 2 nitrogen and oxygen atoms in total. The van der Waals surface area contributed by atoms with Crippen molar-refractivity contribution in [2.45, 2.75) is 46.3 Å². The zero-order chi connectivity index (χ0) is 15.5. The molecule has 0 aliphatic carbocycles. The molecule has 0 aliphatic heterocycles. The Bertz CT molecular complexity index is 567. The van der Waals surface area contributed by atoms with E-state index in [2.05, 4.69) is 80.0 Å². The number of rotatable bonds is 5. The van der Waals surface area contributed by atoms with Gasteiger partial charge in [0.25, 0.3) is 0 Å². The molecule has 2 rings (SSSR count). The van der Waals surface area contributed by atoms with Gasteiger partial charge < -0.3 is 10.2 Å². The maximum Gasteiger partial charge on any atom is 0.0434 e. The first-order valence-corrected chi connectivity index (χ1v) is 8.36. The van der Waals surface area contributed by atoms with Crippen molar-refractivity contribution in [2.24, 2.45) is 0 Å². The fourth-order valence-electron chi connectivity index (χ4n) is 2.36. The number of thiophene rings is 1. The van der Waals surface area contributed by atoms with Crippen molar-refractivity contribution in [3.05, 3.63) is 51.7 Å². The summed E-state index contributed by atoms with van der Waals surface area (Å²) in [4.78, 5) is 2.32. The van der Waals surface area contributed by atoms with Gasteiger partial charge in [-0.25, -0.2) is 0 Å². The predicted octanol–water partition coefficient (Wildman–Crippen LogP) is 4.58. The molecule has 0 unspecified atom stereocenters. The lowest BCUT2D eigenvalue weighted by Gasteiger charge is -2.23. The van der Waals surface area contributed by atoms with Crippen molar-refractivity contribution in [1.29, 1.82) is 0 Å². The second-order valence-electron chi connectivity index (χ2n) is 6.71. The van der Waals surface area contributed by atoms with Crippen LogP contribution in [0.25, 0.3) is 0 Å². The Balaban J connectivity index is 2.04. The Labute approximate surface area is 132 Å².